The second-order valence-corrected chi connectivity index (χ2v) is 8.54. The number of nitrogens with zero attached hydrogens (tertiary/aromatic N) is 3. The van der Waals surface area contributed by atoms with Crippen molar-refractivity contribution in [1.29, 1.82) is 0 Å². The van der Waals surface area contributed by atoms with Crippen molar-refractivity contribution in [2.45, 2.75) is 38.0 Å². The number of methoxy groups -OCH3 is 1. The van der Waals surface area contributed by atoms with Crippen molar-refractivity contribution in [3.05, 3.63) is 52.0 Å². The van der Waals surface area contributed by atoms with E-state index in [1.54, 1.807) is 0 Å². The van der Waals surface area contributed by atoms with Gasteiger partial charge in [-0.25, -0.2) is 9.48 Å². The first-order valence-electron chi connectivity index (χ1n) is 11.2. The zero-order chi connectivity index (χ0) is 27.1. The van der Waals surface area contributed by atoms with E-state index in [1.807, 2.05) is 0 Å². The smallest absolute Gasteiger partial charge is 0.435 e. The summed E-state index contributed by atoms with van der Waals surface area (Å²) in [5, 5.41) is 15.5. The van der Waals surface area contributed by atoms with Crippen molar-refractivity contribution in [3.8, 4) is 5.69 Å². The van der Waals surface area contributed by atoms with Crippen LogP contribution < -0.4 is 5.32 Å². The number of esters is 1. The largest absolute Gasteiger partial charge is 0.466 e. The van der Waals surface area contributed by atoms with Gasteiger partial charge in [0, 0.05) is 17.8 Å². The Bertz CT molecular complexity index is 1270. The molecule has 2 aliphatic rings. The number of carbonyl (C=O) groups excluding carboxylic acids is 2. The lowest BCUT2D eigenvalue weighted by Gasteiger charge is -2.19. The molecule has 2 heterocycles. The number of ether oxygens (including phenoxy) is 1. The SMILES string of the molecule is COC(=O)C1=C(Nc2cc(C(F)(F)F)ccc2-n2nc(C(F)(F)F)c3c2CCCC3)C(=O)N(CCO)C1. The second kappa shape index (κ2) is 9.72. The number of hydrogen-bond donors (Lipinski definition) is 2. The van der Waals surface area contributed by atoms with Gasteiger partial charge < -0.3 is 20.1 Å². The first-order chi connectivity index (χ1) is 17.4. The van der Waals surface area contributed by atoms with Crippen LogP contribution in [0.4, 0.5) is 32.0 Å². The third-order valence-electron chi connectivity index (χ3n) is 6.21. The van der Waals surface area contributed by atoms with Gasteiger partial charge in [-0.15, -0.1) is 0 Å². The number of fused-ring (bicyclic) bond motifs is 1. The van der Waals surface area contributed by atoms with Crippen LogP contribution >= 0.6 is 0 Å². The van der Waals surface area contributed by atoms with Crippen LogP contribution in [0.15, 0.2) is 29.5 Å². The standard InChI is InChI=1S/C23H22F6N4O4/c1-37-21(36)14-11-32(8-9-34)20(35)18(14)30-15-10-12(22(24,25)26)6-7-17(15)33-16-5-3-2-4-13(16)19(31-33)23(27,28)29/h6-7,10,30,34H,2-5,8-9,11H2,1H3. The number of aliphatic hydroxyl groups is 1. The van der Waals surface area contributed by atoms with Crippen molar-refractivity contribution in [2.75, 3.05) is 32.1 Å². The molecule has 0 atom stereocenters. The van der Waals surface area contributed by atoms with Crippen molar-refractivity contribution < 1.29 is 45.8 Å². The molecule has 0 radical (unpaired) electrons. The molecule has 0 bridgehead atoms. The number of aliphatic hydroxyl groups excluding tert-OH is 1. The lowest BCUT2D eigenvalue weighted by atomic mass is 9.95. The molecule has 1 aromatic carbocycles. The number of anilines is 1. The molecule has 1 aromatic heterocycles. The quantitative estimate of drug-likeness (QED) is 0.437. The zero-order valence-electron chi connectivity index (χ0n) is 19.5. The maximum absolute atomic E-state index is 13.7. The summed E-state index contributed by atoms with van der Waals surface area (Å²) in [6, 6.07) is 2.31. The fourth-order valence-electron chi connectivity index (χ4n) is 4.51. The summed E-state index contributed by atoms with van der Waals surface area (Å²) < 4.78 is 87.5. The van der Waals surface area contributed by atoms with Crippen LogP contribution in [0.3, 0.4) is 0 Å². The van der Waals surface area contributed by atoms with Crippen LogP contribution in [0.2, 0.25) is 0 Å². The zero-order valence-corrected chi connectivity index (χ0v) is 19.5. The third kappa shape index (κ3) is 5.02. The molecule has 2 N–H and O–H groups in total. The molecule has 200 valence electrons. The molecular formula is C23H22F6N4O4. The summed E-state index contributed by atoms with van der Waals surface area (Å²) in [6.45, 7) is -0.887. The average molecular weight is 532 g/mol. The van der Waals surface area contributed by atoms with E-state index in [2.05, 4.69) is 15.2 Å². The van der Waals surface area contributed by atoms with Crippen LogP contribution in [-0.4, -0.2) is 58.5 Å². The Morgan fingerprint density at radius 1 is 1.14 bits per heavy atom. The van der Waals surface area contributed by atoms with Crippen molar-refractivity contribution in [2.24, 2.45) is 0 Å². The molecule has 4 rings (SSSR count). The van der Waals surface area contributed by atoms with Gasteiger partial charge in [0.05, 0.1) is 42.8 Å². The third-order valence-corrected chi connectivity index (χ3v) is 6.21. The fraction of sp³-hybridized carbons (Fsp3) is 0.435. The Labute approximate surface area is 206 Å². The minimum absolute atomic E-state index is 0.0230. The van der Waals surface area contributed by atoms with Gasteiger partial charge in [-0.3, -0.25) is 4.79 Å². The molecular weight excluding hydrogens is 510 g/mol. The van der Waals surface area contributed by atoms with E-state index in [4.69, 9.17) is 0 Å². The molecule has 14 heteroatoms. The van der Waals surface area contributed by atoms with Gasteiger partial charge in [0.1, 0.15) is 5.70 Å². The number of aromatic nitrogens is 2. The highest BCUT2D eigenvalue weighted by Gasteiger charge is 2.41. The lowest BCUT2D eigenvalue weighted by molar-refractivity contribution is -0.142. The second-order valence-electron chi connectivity index (χ2n) is 8.54. The summed E-state index contributed by atoms with van der Waals surface area (Å²) in [4.78, 5) is 26.3. The van der Waals surface area contributed by atoms with E-state index in [0.29, 0.717) is 25.0 Å². The van der Waals surface area contributed by atoms with E-state index in [9.17, 15) is 41.0 Å². The molecule has 0 saturated carbocycles. The molecule has 2 aromatic rings. The number of rotatable bonds is 6. The normalized spacial score (nSPS) is 16.3. The Balaban J connectivity index is 1.90. The maximum atomic E-state index is 13.7. The summed E-state index contributed by atoms with van der Waals surface area (Å²) in [5.41, 5.74) is -3.21. The summed E-state index contributed by atoms with van der Waals surface area (Å²) in [6.07, 6.45) is -8.19. The number of halogens is 6. The first kappa shape index (κ1) is 26.5. The minimum atomic E-state index is -4.81. The molecule has 0 spiro atoms. The predicted octanol–water partition coefficient (Wildman–Crippen LogP) is 3.46. The Kier molecular flexibility index (Phi) is 6.97. The van der Waals surface area contributed by atoms with Gasteiger partial charge in [-0.1, -0.05) is 0 Å². The number of β-amino-alcohol motifs (C(OH)–C–C–N with tert-alkyl or cyclic N) is 1. The molecule has 0 unspecified atom stereocenters. The average Bonchev–Trinajstić information content (AvgIpc) is 3.37. The summed E-state index contributed by atoms with van der Waals surface area (Å²) >= 11 is 0. The number of nitrogens with one attached hydrogen (secondary N) is 1. The highest BCUT2D eigenvalue weighted by Crippen LogP contribution is 2.40. The maximum Gasteiger partial charge on any atom is 0.435 e. The molecule has 1 aliphatic heterocycles. The lowest BCUT2D eigenvalue weighted by Crippen LogP contribution is -2.31. The van der Waals surface area contributed by atoms with Gasteiger partial charge in [-0.2, -0.15) is 31.4 Å². The van der Waals surface area contributed by atoms with Crippen molar-refractivity contribution in [1.82, 2.24) is 14.7 Å². The van der Waals surface area contributed by atoms with Gasteiger partial charge >= 0.3 is 18.3 Å². The predicted molar refractivity (Wildman–Crippen MR) is 117 cm³/mol. The Morgan fingerprint density at radius 2 is 1.84 bits per heavy atom. The Morgan fingerprint density at radius 3 is 2.46 bits per heavy atom. The monoisotopic (exact) mass is 532 g/mol. The minimum Gasteiger partial charge on any atom is -0.466 e. The number of benzene rings is 1. The van der Waals surface area contributed by atoms with Crippen LogP contribution in [0.5, 0.6) is 0 Å². The fourth-order valence-corrected chi connectivity index (χ4v) is 4.51. The highest BCUT2D eigenvalue weighted by molar-refractivity contribution is 6.08. The van der Waals surface area contributed by atoms with Crippen LogP contribution in [0.1, 0.15) is 35.4 Å². The van der Waals surface area contributed by atoms with E-state index >= 15 is 0 Å². The van der Waals surface area contributed by atoms with Crippen molar-refractivity contribution in [3.63, 3.8) is 0 Å². The first-order valence-corrected chi connectivity index (χ1v) is 11.2. The van der Waals surface area contributed by atoms with Gasteiger partial charge in [0.15, 0.2) is 5.69 Å². The van der Waals surface area contributed by atoms with Crippen LogP contribution in [0.25, 0.3) is 5.69 Å². The molecule has 8 nitrogen and oxygen atoms in total. The van der Waals surface area contributed by atoms with Crippen LogP contribution in [-0.2, 0) is 39.5 Å². The van der Waals surface area contributed by atoms with Crippen molar-refractivity contribution >= 4 is 17.6 Å². The molecule has 0 saturated heterocycles. The molecule has 0 fully saturated rings. The Hall–Kier alpha value is -3.55. The molecule has 1 aliphatic carbocycles. The van der Waals surface area contributed by atoms with E-state index in [0.717, 1.165) is 22.8 Å². The topological polar surface area (TPSA) is 96.7 Å². The highest BCUT2D eigenvalue weighted by atomic mass is 19.4. The number of carbonyl (C=O) groups is 2. The van der Waals surface area contributed by atoms with E-state index in [-0.39, 0.29) is 54.1 Å². The van der Waals surface area contributed by atoms with Crippen LogP contribution in [0, 0.1) is 0 Å². The van der Waals surface area contributed by atoms with Gasteiger partial charge in [0.2, 0.25) is 0 Å². The number of hydrogen-bond acceptors (Lipinski definition) is 6. The van der Waals surface area contributed by atoms with E-state index in [1.165, 1.54) is 0 Å². The molecule has 37 heavy (non-hydrogen) atoms. The number of amides is 1. The summed E-state index contributed by atoms with van der Waals surface area (Å²) in [5.74, 6) is -1.73. The van der Waals surface area contributed by atoms with E-state index < -0.39 is 47.8 Å². The summed E-state index contributed by atoms with van der Waals surface area (Å²) in [7, 11) is 1.05. The number of alkyl halides is 6. The van der Waals surface area contributed by atoms with Gasteiger partial charge in [-0.05, 0) is 43.9 Å². The van der Waals surface area contributed by atoms with Gasteiger partial charge in [0.25, 0.3) is 5.91 Å². The molecule has 1 amide bonds.